The van der Waals surface area contributed by atoms with Gasteiger partial charge in [0, 0.05) is 11.6 Å². The lowest BCUT2D eigenvalue weighted by atomic mass is 9.95. The molecule has 0 saturated heterocycles. The van der Waals surface area contributed by atoms with Crippen LogP contribution in [0.2, 0.25) is 5.02 Å². The van der Waals surface area contributed by atoms with E-state index in [-0.39, 0.29) is 11.5 Å². The maximum Gasteiger partial charge on any atom is 0.262 e. The lowest BCUT2D eigenvalue weighted by Gasteiger charge is -2.18. The number of benzene rings is 2. The maximum atomic E-state index is 12.8. The van der Waals surface area contributed by atoms with Crippen LogP contribution in [0, 0.1) is 0 Å². The first-order chi connectivity index (χ1) is 13.0. The van der Waals surface area contributed by atoms with Crippen molar-refractivity contribution in [3.63, 3.8) is 0 Å². The third kappa shape index (κ3) is 3.06. The summed E-state index contributed by atoms with van der Waals surface area (Å²) in [7, 11) is 0. The highest BCUT2D eigenvalue weighted by atomic mass is 35.5. The zero-order valence-electron chi connectivity index (χ0n) is 14.8. The molecule has 138 valence electrons. The second-order valence-electron chi connectivity index (χ2n) is 6.67. The number of amides is 1. The number of fused-ring (bicyclic) bond motifs is 1. The van der Waals surface area contributed by atoms with E-state index in [0.29, 0.717) is 28.4 Å². The highest BCUT2D eigenvalue weighted by Gasteiger charge is 2.51. The van der Waals surface area contributed by atoms with Gasteiger partial charge in [-0.05, 0) is 49.6 Å². The van der Waals surface area contributed by atoms with E-state index in [1.165, 1.54) is 4.57 Å². The van der Waals surface area contributed by atoms with Gasteiger partial charge in [-0.1, -0.05) is 35.9 Å². The fraction of sp³-hybridized carbons (Fsp3) is 0.250. The van der Waals surface area contributed by atoms with Crippen LogP contribution in [-0.4, -0.2) is 15.5 Å². The van der Waals surface area contributed by atoms with Crippen molar-refractivity contribution < 1.29 is 4.79 Å². The Balaban J connectivity index is 1.59. The molecule has 0 atom stereocenters. The second kappa shape index (κ2) is 6.70. The van der Waals surface area contributed by atoms with Crippen molar-refractivity contribution in [1.29, 1.82) is 0 Å². The molecule has 1 amide bonds. The van der Waals surface area contributed by atoms with E-state index < -0.39 is 5.41 Å². The Bertz CT molecular complexity index is 1070. The normalized spacial score (nSPS) is 14.7. The number of aromatic nitrogens is 2. The molecule has 0 unspecified atom stereocenters. The van der Waals surface area contributed by atoms with Crippen molar-refractivity contribution >= 4 is 34.4 Å². The Kier molecular flexibility index (Phi) is 4.36. The molecule has 0 spiro atoms. The van der Waals surface area contributed by atoms with E-state index in [1.807, 2.05) is 31.2 Å². The van der Waals surface area contributed by atoms with Crippen molar-refractivity contribution in [2.75, 3.05) is 5.43 Å². The predicted octanol–water partition coefficient (Wildman–Crippen LogP) is 3.24. The van der Waals surface area contributed by atoms with Crippen LogP contribution in [0.1, 0.15) is 25.3 Å². The number of hydrogen-bond acceptors (Lipinski definition) is 4. The van der Waals surface area contributed by atoms with Crippen LogP contribution in [0.15, 0.2) is 53.3 Å². The molecule has 0 aliphatic heterocycles. The number of nitrogens with one attached hydrogen (secondary N) is 2. The summed E-state index contributed by atoms with van der Waals surface area (Å²) in [5.74, 6) is 0.177. The number of carbonyl (C=O) groups excluding carboxylic acids is 1. The van der Waals surface area contributed by atoms with Gasteiger partial charge in [0.25, 0.3) is 5.56 Å². The summed E-state index contributed by atoms with van der Waals surface area (Å²) in [6, 6.07) is 14.5. The van der Waals surface area contributed by atoms with Gasteiger partial charge in [0.15, 0.2) is 0 Å². The molecule has 2 aromatic carbocycles. The molecule has 4 rings (SSSR count). The average Bonchev–Trinajstić information content (AvgIpc) is 3.49. The van der Waals surface area contributed by atoms with Crippen LogP contribution in [0.25, 0.3) is 10.9 Å². The van der Waals surface area contributed by atoms with E-state index in [2.05, 4.69) is 15.8 Å². The minimum absolute atomic E-state index is 0.140. The first-order valence-corrected chi connectivity index (χ1v) is 9.25. The van der Waals surface area contributed by atoms with Crippen LogP contribution < -0.4 is 16.4 Å². The van der Waals surface area contributed by atoms with Gasteiger partial charge in [-0.15, -0.1) is 0 Å². The summed E-state index contributed by atoms with van der Waals surface area (Å²) < 4.78 is 1.50. The van der Waals surface area contributed by atoms with Crippen molar-refractivity contribution in [3.05, 3.63) is 69.5 Å². The molecular formula is C20H19ClN4O2. The molecule has 0 bridgehead atoms. The van der Waals surface area contributed by atoms with E-state index in [4.69, 9.17) is 11.6 Å². The van der Waals surface area contributed by atoms with E-state index in [1.54, 1.807) is 24.3 Å². The minimum Gasteiger partial charge on any atom is -0.277 e. The molecule has 0 radical (unpaired) electrons. The summed E-state index contributed by atoms with van der Waals surface area (Å²) in [6.07, 6.45) is 1.54. The average molecular weight is 383 g/mol. The van der Waals surface area contributed by atoms with Gasteiger partial charge in [0.2, 0.25) is 11.9 Å². The van der Waals surface area contributed by atoms with Gasteiger partial charge in [0.1, 0.15) is 0 Å². The summed E-state index contributed by atoms with van der Waals surface area (Å²) in [5, 5.41) is 1.19. The molecular weight excluding hydrogens is 364 g/mol. The van der Waals surface area contributed by atoms with Gasteiger partial charge < -0.3 is 0 Å². The Morgan fingerprint density at radius 3 is 2.56 bits per heavy atom. The maximum absolute atomic E-state index is 12.8. The summed E-state index contributed by atoms with van der Waals surface area (Å²) in [6.45, 7) is 2.30. The van der Waals surface area contributed by atoms with Crippen LogP contribution in [0.5, 0.6) is 0 Å². The molecule has 2 N–H and O–H groups in total. The second-order valence-corrected chi connectivity index (χ2v) is 7.11. The number of hydrazine groups is 1. The fourth-order valence-electron chi connectivity index (χ4n) is 3.33. The SMILES string of the molecule is CCn1c(NNC(=O)C2(c3ccc(Cl)cc3)CC2)nc2ccccc2c1=O. The summed E-state index contributed by atoms with van der Waals surface area (Å²) in [4.78, 5) is 29.9. The van der Waals surface area contributed by atoms with Crippen molar-refractivity contribution in [3.8, 4) is 0 Å². The smallest absolute Gasteiger partial charge is 0.262 e. The van der Waals surface area contributed by atoms with Crippen LogP contribution in [0.4, 0.5) is 5.95 Å². The topological polar surface area (TPSA) is 76.0 Å². The Morgan fingerprint density at radius 1 is 1.19 bits per heavy atom. The number of rotatable bonds is 5. The van der Waals surface area contributed by atoms with Crippen LogP contribution in [-0.2, 0) is 16.8 Å². The molecule has 1 heterocycles. The Labute approximate surface area is 161 Å². The monoisotopic (exact) mass is 382 g/mol. The minimum atomic E-state index is -0.550. The lowest BCUT2D eigenvalue weighted by molar-refractivity contribution is -0.123. The first-order valence-electron chi connectivity index (χ1n) is 8.87. The molecule has 27 heavy (non-hydrogen) atoms. The van der Waals surface area contributed by atoms with E-state index >= 15 is 0 Å². The third-order valence-corrected chi connectivity index (χ3v) is 5.30. The zero-order chi connectivity index (χ0) is 19.0. The highest BCUT2D eigenvalue weighted by molar-refractivity contribution is 6.30. The number of nitrogens with zero attached hydrogens (tertiary/aromatic N) is 2. The van der Waals surface area contributed by atoms with Gasteiger partial charge in [0.05, 0.1) is 16.3 Å². The van der Waals surface area contributed by atoms with Crippen molar-refractivity contribution in [2.24, 2.45) is 0 Å². The quantitative estimate of drug-likeness (QED) is 0.664. The molecule has 1 aromatic heterocycles. The first kappa shape index (κ1) is 17.5. The molecule has 1 aliphatic carbocycles. The lowest BCUT2D eigenvalue weighted by Crippen LogP contribution is -2.40. The molecule has 3 aromatic rings. The van der Waals surface area contributed by atoms with Crippen LogP contribution >= 0.6 is 11.6 Å². The number of halogens is 1. The van der Waals surface area contributed by atoms with Gasteiger partial charge in [-0.25, -0.2) is 4.98 Å². The number of carbonyl (C=O) groups is 1. The standard InChI is InChI=1S/C20H19ClN4O2/c1-2-25-17(26)15-5-3-4-6-16(15)22-19(25)24-23-18(27)20(11-12-20)13-7-9-14(21)10-8-13/h3-10H,2,11-12H2,1H3,(H,22,24)(H,23,27). The number of anilines is 1. The predicted molar refractivity (Wildman–Crippen MR) is 106 cm³/mol. The number of hydrogen-bond donors (Lipinski definition) is 2. The summed E-state index contributed by atoms with van der Waals surface area (Å²) >= 11 is 5.95. The molecule has 1 saturated carbocycles. The van der Waals surface area contributed by atoms with E-state index in [9.17, 15) is 9.59 Å². The molecule has 7 heteroatoms. The highest BCUT2D eigenvalue weighted by Crippen LogP contribution is 2.48. The number of para-hydroxylation sites is 1. The molecule has 6 nitrogen and oxygen atoms in total. The van der Waals surface area contributed by atoms with E-state index in [0.717, 1.165) is 18.4 Å². The van der Waals surface area contributed by atoms with Crippen molar-refractivity contribution in [1.82, 2.24) is 15.0 Å². The van der Waals surface area contributed by atoms with Crippen molar-refractivity contribution in [2.45, 2.75) is 31.7 Å². The third-order valence-electron chi connectivity index (χ3n) is 5.05. The van der Waals surface area contributed by atoms with Gasteiger partial charge >= 0.3 is 0 Å². The Hall–Kier alpha value is -2.86. The molecule has 1 aliphatic rings. The van der Waals surface area contributed by atoms with Crippen LogP contribution in [0.3, 0.4) is 0 Å². The largest absolute Gasteiger partial charge is 0.277 e. The van der Waals surface area contributed by atoms with Gasteiger partial charge in [-0.3, -0.25) is 25.0 Å². The fourth-order valence-corrected chi connectivity index (χ4v) is 3.46. The summed E-state index contributed by atoms with van der Waals surface area (Å²) in [5.41, 5.74) is 6.42. The zero-order valence-corrected chi connectivity index (χ0v) is 15.6. The van der Waals surface area contributed by atoms with Gasteiger partial charge in [-0.2, -0.15) is 0 Å². The molecule has 1 fully saturated rings. The Morgan fingerprint density at radius 2 is 1.89 bits per heavy atom.